The Bertz CT molecular complexity index is 614. The normalized spacial score (nSPS) is 11.0. The molecule has 1 aromatic rings. The molecule has 0 aliphatic rings. The quantitative estimate of drug-likeness (QED) is 0.321. The van der Waals surface area contributed by atoms with Crippen LogP contribution >= 0.6 is 12.2 Å². The fraction of sp³-hybridized carbons (Fsp3) is 0.333. The van der Waals surface area contributed by atoms with Crippen LogP contribution in [0.1, 0.15) is 18.9 Å². The van der Waals surface area contributed by atoms with Gasteiger partial charge in [-0.15, -0.1) is 9.35 Å². The lowest BCUT2D eigenvalue weighted by molar-refractivity contribution is 0.103. The maximum absolute atomic E-state index is 12.1. The van der Waals surface area contributed by atoms with Crippen LogP contribution in [-0.4, -0.2) is 31.1 Å². The molecule has 9 heteroatoms. The second kappa shape index (κ2) is 7.34. The minimum atomic E-state index is -4.11. The van der Waals surface area contributed by atoms with Crippen molar-refractivity contribution in [3.05, 3.63) is 29.8 Å². The number of nitrogens with zero attached hydrogens (tertiary/aromatic N) is 1. The molecular formula is C12H18N4O3S2. The van der Waals surface area contributed by atoms with Crippen molar-refractivity contribution < 1.29 is 12.7 Å². The molecule has 0 bridgehead atoms. The van der Waals surface area contributed by atoms with Crippen molar-refractivity contribution in [2.24, 2.45) is 5.73 Å². The second-order valence-corrected chi connectivity index (χ2v) is 6.17. The molecule has 0 aromatic heterocycles. The molecule has 4 N–H and O–H groups in total. The zero-order valence-corrected chi connectivity index (χ0v) is 13.4. The standard InChI is InChI=1S/C12H18N4O3S2/c1-3-8-15-12(20)16(11(13)14)19-21(17,18)10-6-4-9(2)5-7-10/h4-7H,3,8H2,1-2H3,(H3,13,14)(H,15,20). The predicted molar refractivity (Wildman–Crippen MR) is 84.1 cm³/mol. The van der Waals surface area contributed by atoms with E-state index in [-0.39, 0.29) is 10.0 Å². The van der Waals surface area contributed by atoms with Gasteiger partial charge in [0, 0.05) is 6.54 Å². The van der Waals surface area contributed by atoms with Gasteiger partial charge < -0.3 is 11.1 Å². The van der Waals surface area contributed by atoms with Crippen LogP contribution in [0, 0.1) is 12.3 Å². The SMILES string of the molecule is CCCNC(=S)N(OS(=O)(=O)c1ccc(C)cc1)C(=N)N. The van der Waals surface area contributed by atoms with E-state index in [4.69, 9.17) is 27.6 Å². The maximum atomic E-state index is 12.1. The Hall–Kier alpha value is -1.71. The van der Waals surface area contributed by atoms with Crippen molar-refractivity contribution in [2.75, 3.05) is 6.54 Å². The Morgan fingerprint density at radius 1 is 1.43 bits per heavy atom. The Labute approximate surface area is 129 Å². The summed E-state index contributed by atoms with van der Waals surface area (Å²) >= 11 is 4.96. The highest BCUT2D eigenvalue weighted by Gasteiger charge is 2.24. The Balaban J connectivity index is 2.94. The van der Waals surface area contributed by atoms with Gasteiger partial charge in [0.2, 0.25) is 11.1 Å². The molecule has 0 spiro atoms. The van der Waals surface area contributed by atoms with Crippen LogP contribution in [0.5, 0.6) is 0 Å². The molecule has 0 aliphatic heterocycles. The summed E-state index contributed by atoms with van der Waals surface area (Å²) in [6.45, 7) is 4.26. The highest BCUT2D eigenvalue weighted by molar-refractivity contribution is 7.86. The molecule has 0 atom stereocenters. The smallest absolute Gasteiger partial charge is 0.318 e. The van der Waals surface area contributed by atoms with E-state index in [1.54, 1.807) is 12.1 Å². The largest absolute Gasteiger partial charge is 0.368 e. The van der Waals surface area contributed by atoms with Crippen LogP contribution in [0.4, 0.5) is 0 Å². The van der Waals surface area contributed by atoms with Crippen LogP contribution < -0.4 is 11.1 Å². The van der Waals surface area contributed by atoms with Crippen molar-refractivity contribution in [3.8, 4) is 0 Å². The third-order valence-electron chi connectivity index (χ3n) is 2.41. The lowest BCUT2D eigenvalue weighted by Crippen LogP contribution is -2.47. The first kappa shape index (κ1) is 17.3. The van der Waals surface area contributed by atoms with E-state index in [1.165, 1.54) is 12.1 Å². The summed E-state index contributed by atoms with van der Waals surface area (Å²) in [4.78, 5) is -0.0439. The number of hydrogen-bond acceptors (Lipinski definition) is 5. The summed E-state index contributed by atoms with van der Waals surface area (Å²) in [5.41, 5.74) is 6.23. The van der Waals surface area contributed by atoms with Gasteiger partial charge in [-0.3, -0.25) is 5.41 Å². The summed E-state index contributed by atoms with van der Waals surface area (Å²) in [7, 11) is -4.11. The van der Waals surface area contributed by atoms with Crippen LogP contribution in [0.15, 0.2) is 29.2 Å². The third kappa shape index (κ3) is 4.96. The average Bonchev–Trinajstić information content (AvgIpc) is 2.42. The highest BCUT2D eigenvalue weighted by Crippen LogP contribution is 2.14. The van der Waals surface area contributed by atoms with E-state index in [9.17, 15) is 8.42 Å². The van der Waals surface area contributed by atoms with Gasteiger partial charge in [0.25, 0.3) is 0 Å². The summed E-state index contributed by atoms with van der Waals surface area (Å²) in [6, 6.07) is 6.10. The predicted octanol–water partition coefficient (Wildman–Crippen LogP) is 1.10. The maximum Gasteiger partial charge on any atom is 0.318 e. The zero-order valence-electron chi connectivity index (χ0n) is 11.8. The Morgan fingerprint density at radius 3 is 2.48 bits per heavy atom. The van der Waals surface area contributed by atoms with E-state index in [2.05, 4.69) is 5.32 Å². The molecule has 0 saturated carbocycles. The molecule has 0 fully saturated rings. The molecule has 0 radical (unpaired) electrons. The van der Waals surface area contributed by atoms with Gasteiger partial charge in [0.15, 0.2) is 0 Å². The molecule has 0 heterocycles. The number of hydrogen-bond donors (Lipinski definition) is 3. The molecular weight excluding hydrogens is 312 g/mol. The fourth-order valence-electron chi connectivity index (χ4n) is 1.33. The highest BCUT2D eigenvalue weighted by atomic mass is 32.2. The molecule has 0 saturated heterocycles. The minimum Gasteiger partial charge on any atom is -0.368 e. The first-order chi connectivity index (χ1) is 9.77. The van der Waals surface area contributed by atoms with E-state index >= 15 is 0 Å². The van der Waals surface area contributed by atoms with E-state index in [0.29, 0.717) is 11.6 Å². The Kier molecular flexibility index (Phi) is 6.06. The van der Waals surface area contributed by atoms with Gasteiger partial charge in [-0.05, 0) is 37.7 Å². The summed E-state index contributed by atoms with van der Waals surface area (Å²) in [6.07, 6.45) is 0.774. The first-order valence-electron chi connectivity index (χ1n) is 6.21. The minimum absolute atomic E-state index is 0.0439. The van der Waals surface area contributed by atoms with Crippen molar-refractivity contribution in [1.82, 2.24) is 10.4 Å². The van der Waals surface area contributed by atoms with Gasteiger partial charge in [0.05, 0.1) is 4.90 Å². The summed E-state index contributed by atoms with van der Waals surface area (Å²) in [5, 5.41) is 10.6. The molecule has 1 rings (SSSR count). The van der Waals surface area contributed by atoms with Gasteiger partial charge >= 0.3 is 10.1 Å². The molecule has 21 heavy (non-hydrogen) atoms. The second-order valence-electron chi connectivity index (χ2n) is 4.25. The van der Waals surface area contributed by atoms with E-state index in [1.807, 2.05) is 13.8 Å². The van der Waals surface area contributed by atoms with E-state index in [0.717, 1.165) is 12.0 Å². The number of benzene rings is 1. The number of hydroxylamine groups is 2. The van der Waals surface area contributed by atoms with Gasteiger partial charge in [-0.2, -0.15) is 8.42 Å². The number of nitrogens with one attached hydrogen (secondary N) is 2. The number of guanidine groups is 1. The van der Waals surface area contributed by atoms with Crippen LogP contribution in [-0.2, 0) is 14.4 Å². The summed E-state index contributed by atoms with van der Waals surface area (Å²) in [5.74, 6) is -0.626. The van der Waals surface area contributed by atoms with Gasteiger partial charge in [0.1, 0.15) is 0 Å². The molecule has 0 unspecified atom stereocenters. The van der Waals surface area contributed by atoms with Crippen molar-refractivity contribution in [3.63, 3.8) is 0 Å². The number of thiocarbonyl (C=S) groups is 1. The van der Waals surface area contributed by atoms with Crippen LogP contribution in [0.2, 0.25) is 0 Å². The summed E-state index contributed by atoms with van der Waals surface area (Å²) < 4.78 is 29.1. The third-order valence-corrected chi connectivity index (χ3v) is 3.92. The van der Waals surface area contributed by atoms with Crippen molar-refractivity contribution in [1.29, 1.82) is 5.41 Å². The topological polar surface area (TPSA) is 109 Å². The molecule has 116 valence electrons. The molecule has 7 nitrogen and oxygen atoms in total. The van der Waals surface area contributed by atoms with Crippen LogP contribution in [0.25, 0.3) is 0 Å². The van der Waals surface area contributed by atoms with Crippen molar-refractivity contribution >= 4 is 33.4 Å². The monoisotopic (exact) mass is 330 g/mol. The average molecular weight is 330 g/mol. The molecule has 0 amide bonds. The van der Waals surface area contributed by atoms with Crippen molar-refractivity contribution in [2.45, 2.75) is 25.2 Å². The van der Waals surface area contributed by atoms with Crippen LogP contribution in [0.3, 0.4) is 0 Å². The molecule has 1 aromatic carbocycles. The molecule has 0 aliphatic carbocycles. The van der Waals surface area contributed by atoms with Gasteiger partial charge in [-0.25, -0.2) is 0 Å². The number of nitrogens with two attached hydrogens (primary N) is 1. The zero-order chi connectivity index (χ0) is 16.0. The number of rotatable bonds is 5. The lowest BCUT2D eigenvalue weighted by Gasteiger charge is -2.21. The lowest BCUT2D eigenvalue weighted by atomic mass is 10.2. The Morgan fingerprint density at radius 2 is 2.00 bits per heavy atom. The van der Waals surface area contributed by atoms with E-state index < -0.39 is 16.1 Å². The van der Waals surface area contributed by atoms with Gasteiger partial charge in [-0.1, -0.05) is 24.6 Å². The first-order valence-corrected chi connectivity index (χ1v) is 8.03. The number of aryl methyl sites for hydroxylation is 1. The fourth-order valence-corrected chi connectivity index (χ4v) is 2.52.